The van der Waals surface area contributed by atoms with Gasteiger partial charge < -0.3 is 5.32 Å². The number of pyridine rings is 1. The number of aryl methyl sites for hydroxylation is 1. The number of nitrogens with zero attached hydrogens (tertiary/aromatic N) is 2. The summed E-state index contributed by atoms with van der Waals surface area (Å²) < 4.78 is 14.0. The quantitative estimate of drug-likeness (QED) is 0.941. The molecular weight excluding hydrogens is 301 g/mol. The third-order valence-corrected chi connectivity index (χ3v) is 4.00. The summed E-state index contributed by atoms with van der Waals surface area (Å²) in [7, 11) is 0. The van der Waals surface area contributed by atoms with Gasteiger partial charge in [0.15, 0.2) is 0 Å². The second-order valence-corrected chi connectivity index (χ2v) is 5.57. The van der Waals surface area contributed by atoms with Crippen molar-refractivity contribution in [2.24, 2.45) is 0 Å². The third kappa shape index (κ3) is 3.83. The summed E-state index contributed by atoms with van der Waals surface area (Å²) in [6.45, 7) is 5.35. The fraction of sp³-hybridized carbons (Fsp3) is 0.353. The van der Waals surface area contributed by atoms with Gasteiger partial charge in [0.25, 0.3) is 0 Å². The molecule has 2 heterocycles. The van der Waals surface area contributed by atoms with Crippen LogP contribution in [0.2, 0.25) is 0 Å². The van der Waals surface area contributed by atoms with Crippen LogP contribution in [0.4, 0.5) is 4.39 Å². The highest BCUT2D eigenvalue weighted by Gasteiger charge is 2.24. The van der Waals surface area contributed by atoms with Gasteiger partial charge in [-0.05, 0) is 24.6 Å². The predicted molar refractivity (Wildman–Crippen MR) is 88.6 cm³/mol. The lowest BCUT2D eigenvalue weighted by molar-refractivity contribution is 0.151. The fourth-order valence-corrected chi connectivity index (χ4v) is 2.88. The number of hydrogen-bond donors (Lipinski definition) is 1. The van der Waals surface area contributed by atoms with E-state index in [2.05, 4.69) is 21.3 Å². The smallest absolute Gasteiger partial charge is 0.127 e. The van der Waals surface area contributed by atoms with Crippen molar-refractivity contribution in [3.05, 3.63) is 65.2 Å². The summed E-state index contributed by atoms with van der Waals surface area (Å²) in [5.41, 5.74) is 3.04. The van der Waals surface area contributed by atoms with Crippen molar-refractivity contribution in [1.82, 2.24) is 15.2 Å². The third-order valence-electron chi connectivity index (χ3n) is 4.00. The first-order chi connectivity index (χ1) is 10.2. The highest BCUT2D eigenvalue weighted by Crippen LogP contribution is 2.24. The molecule has 0 saturated carbocycles. The Balaban J connectivity index is 0.00000176. The molecular formula is C17H21ClFN3. The van der Waals surface area contributed by atoms with Gasteiger partial charge in [-0.1, -0.05) is 23.8 Å². The number of nitrogens with one attached hydrogen (secondary N) is 1. The second-order valence-electron chi connectivity index (χ2n) is 5.57. The van der Waals surface area contributed by atoms with Crippen molar-refractivity contribution in [3.63, 3.8) is 0 Å². The Morgan fingerprint density at radius 2 is 2.23 bits per heavy atom. The van der Waals surface area contributed by atoms with Crippen LogP contribution in [-0.4, -0.2) is 29.5 Å². The summed E-state index contributed by atoms with van der Waals surface area (Å²) in [4.78, 5) is 6.53. The minimum Gasteiger partial charge on any atom is -0.314 e. The molecule has 1 atom stereocenters. The summed E-state index contributed by atoms with van der Waals surface area (Å²) in [6, 6.07) is 9.60. The van der Waals surface area contributed by atoms with Crippen molar-refractivity contribution in [3.8, 4) is 0 Å². The molecule has 3 nitrogen and oxygen atoms in total. The number of halogens is 2. The molecule has 1 unspecified atom stereocenters. The van der Waals surface area contributed by atoms with Crippen LogP contribution in [0.3, 0.4) is 0 Å². The van der Waals surface area contributed by atoms with Crippen LogP contribution in [0, 0.1) is 12.7 Å². The van der Waals surface area contributed by atoms with E-state index in [0.29, 0.717) is 6.54 Å². The highest BCUT2D eigenvalue weighted by atomic mass is 35.5. The molecule has 1 aliphatic heterocycles. The molecule has 1 saturated heterocycles. The van der Waals surface area contributed by atoms with Crippen LogP contribution in [0.5, 0.6) is 0 Å². The van der Waals surface area contributed by atoms with E-state index in [4.69, 9.17) is 0 Å². The van der Waals surface area contributed by atoms with Crippen LogP contribution in [0.15, 0.2) is 42.7 Å². The molecule has 0 aliphatic carbocycles. The van der Waals surface area contributed by atoms with Crippen LogP contribution in [-0.2, 0) is 6.54 Å². The topological polar surface area (TPSA) is 28.2 Å². The molecule has 1 aromatic carbocycles. The average Bonchev–Trinajstić information content (AvgIpc) is 2.52. The number of aromatic nitrogens is 1. The molecule has 2 aromatic rings. The van der Waals surface area contributed by atoms with Crippen LogP contribution < -0.4 is 5.32 Å². The van der Waals surface area contributed by atoms with E-state index in [1.54, 1.807) is 12.3 Å². The maximum atomic E-state index is 14.0. The van der Waals surface area contributed by atoms with Gasteiger partial charge in [-0.3, -0.25) is 9.88 Å². The van der Waals surface area contributed by atoms with Gasteiger partial charge in [-0.15, -0.1) is 12.4 Å². The van der Waals surface area contributed by atoms with E-state index < -0.39 is 0 Å². The van der Waals surface area contributed by atoms with Gasteiger partial charge in [-0.25, -0.2) is 4.39 Å². The lowest BCUT2D eigenvalue weighted by atomic mass is 10.0. The highest BCUT2D eigenvalue weighted by molar-refractivity contribution is 5.85. The number of piperazine rings is 1. The summed E-state index contributed by atoms with van der Waals surface area (Å²) in [5, 5.41) is 3.41. The van der Waals surface area contributed by atoms with Crippen LogP contribution in [0.1, 0.15) is 22.7 Å². The van der Waals surface area contributed by atoms with Crippen molar-refractivity contribution in [1.29, 1.82) is 0 Å². The Hall–Kier alpha value is -1.49. The number of hydrogen-bond acceptors (Lipinski definition) is 3. The summed E-state index contributed by atoms with van der Waals surface area (Å²) in [5.74, 6) is -0.121. The Morgan fingerprint density at radius 3 is 3.00 bits per heavy atom. The molecule has 0 amide bonds. The molecule has 1 N–H and O–H groups in total. The first kappa shape index (κ1) is 16.9. The minimum atomic E-state index is -0.121. The van der Waals surface area contributed by atoms with E-state index in [-0.39, 0.29) is 24.3 Å². The average molecular weight is 322 g/mol. The predicted octanol–water partition coefficient (Wildman–Crippen LogP) is 3.10. The Morgan fingerprint density at radius 1 is 1.36 bits per heavy atom. The molecule has 1 aliphatic rings. The lowest BCUT2D eigenvalue weighted by Crippen LogP contribution is -2.45. The Labute approximate surface area is 137 Å². The first-order valence-electron chi connectivity index (χ1n) is 7.34. The van der Waals surface area contributed by atoms with E-state index in [9.17, 15) is 4.39 Å². The minimum absolute atomic E-state index is 0. The van der Waals surface area contributed by atoms with Crippen LogP contribution >= 0.6 is 12.4 Å². The number of rotatable bonds is 3. The molecule has 5 heteroatoms. The zero-order valence-electron chi connectivity index (χ0n) is 12.6. The van der Waals surface area contributed by atoms with Crippen molar-refractivity contribution >= 4 is 12.4 Å². The largest absolute Gasteiger partial charge is 0.314 e. The van der Waals surface area contributed by atoms with Gasteiger partial charge >= 0.3 is 0 Å². The molecule has 3 rings (SSSR count). The standard InChI is InChI=1S/C17H20FN3.ClH/c1-13-4-5-16(18)15(9-13)12-21-8-7-20-11-17(21)14-3-2-6-19-10-14;/h2-6,9-10,17,20H,7-8,11-12H2,1H3;1H. The molecule has 1 aromatic heterocycles. The molecule has 0 radical (unpaired) electrons. The number of benzene rings is 1. The Bertz CT molecular complexity index is 606. The van der Waals surface area contributed by atoms with Crippen molar-refractivity contribution in [2.75, 3.05) is 19.6 Å². The van der Waals surface area contributed by atoms with E-state index >= 15 is 0 Å². The van der Waals surface area contributed by atoms with Gasteiger partial charge in [0.2, 0.25) is 0 Å². The van der Waals surface area contributed by atoms with Gasteiger partial charge in [0, 0.05) is 50.2 Å². The lowest BCUT2D eigenvalue weighted by Gasteiger charge is -2.36. The fourth-order valence-electron chi connectivity index (χ4n) is 2.88. The zero-order chi connectivity index (χ0) is 14.7. The van der Waals surface area contributed by atoms with E-state index in [1.807, 2.05) is 31.3 Å². The second kappa shape index (κ2) is 7.68. The van der Waals surface area contributed by atoms with Gasteiger partial charge in [0.05, 0.1) is 0 Å². The monoisotopic (exact) mass is 321 g/mol. The molecule has 22 heavy (non-hydrogen) atoms. The first-order valence-corrected chi connectivity index (χ1v) is 7.34. The van der Waals surface area contributed by atoms with Crippen molar-refractivity contribution < 1.29 is 4.39 Å². The van der Waals surface area contributed by atoms with E-state index in [1.165, 1.54) is 5.56 Å². The van der Waals surface area contributed by atoms with Crippen molar-refractivity contribution in [2.45, 2.75) is 19.5 Å². The summed E-state index contributed by atoms with van der Waals surface area (Å²) >= 11 is 0. The molecule has 1 fully saturated rings. The maximum Gasteiger partial charge on any atom is 0.127 e. The van der Waals surface area contributed by atoms with Gasteiger partial charge in [0.1, 0.15) is 5.82 Å². The van der Waals surface area contributed by atoms with Gasteiger partial charge in [-0.2, -0.15) is 0 Å². The molecule has 118 valence electrons. The van der Waals surface area contributed by atoms with E-state index in [0.717, 1.165) is 30.8 Å². The SMILES string of the molecule is Cc1ccc(F)c(CN2CCNCC2c2cccnc2)c1.Cl. The zero-order valence-corrected chi connectivity index (χ0v) is 13.4. The Kier molecular flexibility index (Phi) is 5.89. The summed E-state index contributed by atoms with van der Waals surface area (Å²) in [6.07, 6.45) is 3.68. The van der Waals surface area contributed by atoms with Crippen LogP contribution in [0.25, 0.3) is 0 Å². The normalized spacial score (nSPS) is 18.7. The maximum absolute atomic E-state index is 14.0. The molecule has 0 spiro atoms. The molecule has 0 bridgehead atoms.